The second-order valence-electron chi connectivity index (χ2n) is 2.53. The van der Waals surface area contributed by atoms with Crippen LogP contribution in [0.5, 0.6) is 0 Å². The van der Waals surface area contributed by atoms with Gasteiger partial charge < -0.3 is 5.32 Å². The van der Waals surface area contributed by atoms with Crippen LogP contribution in [0.3, 0.4) is 0 Å². The van der Waals surface area contributed by atoms with Crippen LogP contribution in [0.1, 0.15) is 24.3 Å². The van der Waals surface area contributed by atoms with E-state index >= 15 is 0 Å². The Morgan fingerprint density at radius 1 is 1.73 bits per heavy atom. The number of nitrogens with zero attached hydrogens (tertiary/aromatic N) is 1. The van der Waals surface area contributed by atoms with E-state index < -0.39 is 0 Å². The summed E-state index contributed by atoms with van der Waals surface area (Å²) in [6.45, 7) is 3.23. The van der Waals surface area contributed by atoms with Crippen molar-refractivity contribution in [1.29, 1.82) is 0 Å². The molecule has 11 heavy (non-hydrogen) atoms. The molecule has 0 spiro atoms. The van der Waals surface area contributed by atoms with E-state index in [1.54, 1.807) is 11.3 Å². The Kier molecular flexibility index (Phi) is 3.52. The van der Waals surface area contributed by atoms with Gasteiger partial charge >= 0.3 is 0 Å². The van der Waals surface area contributed by atoms with Crippen LogP contribution in [0.25, 0.3) is 0 Å². The molecule has 0 amide bonds. The average Bonchev–Trinajstić information content (AvgIpc) is 2.52. The van der Waals surface area contributed by atoms with Gasteiger partial charge in [0, 0.05) is 24.0 Å². The molecule has 1 N–H and O–H groups in total. The Hall–Kier alpha value is -0.410. The minimum Gasteiger partial charge on any atom is -0.319 e. The van der Waals surface area contributed by atoms with Gasteiger partial charge in [0.1, 0.15) is 0 Å². The van der Waals surface area contributed by atoms with Crippen LogP contribution < -0.4 is 5.32 Å². The Morgan fingerprint density at radius 2 is 2.55 bits per heavy atom. The van der Waals surface area contributed by atoms with Crippen LogP contribution in [0.4, 0.5) is 0 Å². The van der Waals surface area contributed by atoms with Crippen molar-refractivity contribution in [3.8, 4) is 0 Å². The Bertz CT molecular complexity index is 184. The van der Waals surface area contributed by atoms with Crippen LogP contribution in [0, 0.1) is 0 Å². The highest BCUT2D eigenvalue weighted by Gasteiger charge is 2.09. The van der Waals surface area contributed by atoms with E-state index in [-0.39, 0.29) is 0 Å². The smallest absolute Gasteiger partial charge is 0.0968 e. The number of hydrogen-bond acceptors (Lipinski definition) is 3. The Balaban J connectivity index is 2.56. The second kappa shape index (κ2) is 4.46. The first kappa shape index (κ1) is 8.68. The van der Waals surface area contributed by atoms with Gasteiger partial charge in [-0.15, -0.1) is 11.3 Å². The first-order valence-electron chi connectivity index (χ1n) is 3.92. The van der Waals surface area contributed by atoms with Gasteiger partial charge in [0.25, 0.3) is 0 Å². The summed E-state index contributed by atoms with van der Waals surface area (Å²) < 4.78 is 0. The fraction of sp³-hybridized carbons (Fsp3) is 0.625. The molecule has 1 atom stereocenters. The summed E-state index contributed by atoms with van der Waals surface area (Å²) in [7, 11) is 1.98. The van der Waals surface area contributed by atoms with Crippen molar-refractivity contribution in [3.63, 3.8) is 0 Å². The van der Waals surface area contributed by atoms with Crippen molar-refractivity contribution in [2.24, 2.45) is 0 Å². The lowest BCUT2D eigenvalue weighted by Gasteiger charge is -2.09. The summed E-state index contributed by atoms with van der Waals surface area (Å²) in [5.74, 6) is 0.597. The highest BCUT2D eigenvalue weighted by atomic mass is 32.1. The SMILES string of the molecule is CCC(CNC)c1nccs1. The predicted molar refractivity (Wildman–Crippen MR) is 49.1 cm³/mol. The zero-order valence-corrected chi connectivity index (χ0v) is 7.82. The number of likely N-dealkylation sites (N-methyl/N-ethyl adjacent to an activating group) is 1. The van der Waals surface area contributed by atoms with Crippen molar-refractivity contribution in [3.05, 3.63) is 16.6 Å². The van der Waals surface area contributed by atoms with Gasteiger partial charge in [-0.3, -0.25) is 0 Å². The van der Waals surface area contributed by atoms with Crippen molar-refractivity contribution in [2.75, 3.05) is 13.6 Å². The third kappa shape index (κ3) is 2.27. The highest BCUT2D eigenvalue weighted by molar-refractivity contribution is 7.09. The fourth-order valence-electron chi connectivity index (χ4n) is 1.09. The molecule has 0 bridgehead atoms. The Morgan fingerprint density at radius 3 is 3.00 bits per heavy atom. The lowest BCUT2D eigenvalue weighted by Crippen LogP contribution is -2.16. The number of aromatic nitrogens is 1. The number of nitrogens with one attached hydrogen (secondary N) is 1. The maximum Gasteiger partial charge on any atom is 0.0968 e. The van der Waals surface area contributed by atoms with Crippen molar-refractivity contribution >= 4 is 11.3 Å². The molecule has 0 aliphatic heterocycles. The standard InChI is InChI=1S/C8H14N2S/c1-3-7(6-9-2)8-10-4-5-11-8/h4-5,7,9H,3,6H2,1-2H3. The summed E-state index contributed by atoms with van der Waals surface area (Å²) in [5, 5.41) is 6.46. The van der Waals surface area contributed by atoms with Crippen LogP contribution in [0.2, 0.25) is 0 Å². The summed E-state index contributed by atoms with van der Waals surface area (Å²) in [6.07, 6.45) is 3.03. The van der Waals surface area contributed by atoms with Gasteiger partial charge in [-0.25, -0.2) is 4.98 Å². The summed E-state index contributed by atoms with van der Waals surface area (Å²) >= 11 is 1.74. The molecule has 3 heteroatoms. The summed E-state index contributed by atoms with van der Waals surface area (Å²) in [5.41, 5.74) is 0. The van der Waals surface area contributed by atoms with Crippen molar-refractivity contribution < 1.29 is 0 Å². The molecule has 1 heterocycles. The molecule has 0 aliphatic carbocycles. The van der Waals surface area contributed by atoms with Crippen LogP contribution >= 0.6 is 11.3 Å². The minimum absolute atomic E-state index is 0.597. The van der Waals surface area contributed by atoms with Gasteiger partial charge in [-0.2, -0.15) is 0 Å². The molecule has 2 nitrogen and oxygen atoms in total. The molecule has 0 aliphatic rings. The third-order valence-electron chi connectivity index (χ3n) is 1.74. The fourth-order valence-corrected chi connectivity index (χ4v) is 1.91. The summed E-state index contributed by atoms with van der Waals surface area (Å²) in [6, 6.07) is 0. The lowest BCUT2D eigenvalue weighted by molar-refractivity contribution is 0.608. The zero-order valence-electron chi connectivity index (χ0n) is 7.00. The molecule has 1 aromatic rings. The molecule has 1 unspecified atom stereocenters. The van der Waals surface area contributed by atoms with Gasteiger partial charge in [0.15, 0.2) is 0 Å². The van der Waals surface area contributed by atoms with Crippen molar-refractivity contribution in [1.82, 2.24) is 10.3 Å². The first-order chi connectivity index (χ1) is 5.38. The van der Waals surface area contributed by atoms with E-state index in [0.29, 0.717) is 5.92 Å². The monoisotopic (exact) mass is 170 g/mol. The number of hydrogen-bond donors (Lipinski definition) is 1. The molecule has 62 valence electrons. The van der Waals surface area contributed by atoms with Crippen LogP contribution in [0.15, 0.2) is 11.6 Å². The molecule has 0 aromatic carbocycles. The van der Waals surface area contributed by atoms with Crippen LogP contribution in [-0.4, -0.2) is 18.6 Å². The number of rotatable bonds is 4. The molecule has 0 saturated carbocycles. The molecule has 1 aromatic heterocycles. The third-order valence-corrected chi connectivity index (χ3v) is 2.68. The molecule has 0 radical (unpaired) electrons. The molecule has 0 fully saturated rings. The van der Waals surface area contributed by atoms with Gasteiger partial charge in [0.2, 0.25) is 0 Å². The molecule has 0 saturated heterocycles. The van der Waals surface area contributed by atoms with E-state index in [9.17, 15) is 0 Å². The lowest BCUT2D eigenvalue weighted by atomic mass is 10.1. The maximum absolute atomic E-state index is 4.28. The average molecular weight is 170 g/mol. The highest BCUT2D eigenvalue weighted by Crippen LogP contribution is 2.20. The van der Waals surface area contributed by atoms with E-state index in [1.165, 1.54) is 5.01 Å². The first-order valence-corrected chi connectivity index (χ1v) is 4.80. The number of thiazole rings is 1. The predicted octanol–water partition coefficient (Wildman–Crippen LogP) is 1.86. The largest absolute Gasteiger partial charge is 0.319 e. The second-order valence-corrected chi connectivity index (χ2v) is 3.46. The van der Waals surface area contributed by atoms with Crippen LogP contribution in [-0.2, 0) is 0 Å². The van der Waals surface area contributed by atoms with E-state index in [0.717, 1.165) is 13.0 Å². The molecular weight excluding hydrogens is 156 g/mol. The van der Waals surface area contributed by atoms with Gasteiger partial charge in [0.05, 0.1) is 5.01 Å². The zero-order chi connectivity index (χ0) is 8.10. The van der Waals surface area contributed by atoms with E-state index in [1.807, 2.05) is 18.6 Å². The van der Waals surface area contributed by atoms with Gasteiger partial charge in [-0.1, -0.05) is 6.92 Å². The molecule has 1 rings (SSSR count). The summed E-state index contributed by atoms with van der Waals surface area (Å²) in [4.78, 5) is 4.28. The van der Waals surface area contributed by atoms with Crippen molar-refractivity contribution in [2.45, 2.75) is 19.3 Å². The normalized spacial score (nSPS) is 13.3. The Labute approximate surface area is 71.7 Å². The van der Waals surface area contributed by atoms with Gasteiger partial charge in [-0.05, 0) is 13.5 Å². The van der Waals surface area contributed by atoms with E-state index in [2.05, 4.69) is 17.2 Å². The molecular formula is C8H14N2S. The minimum atomic E-state index is 0.597. The van der Waals surface area contributed by atoms with E-state index in [4.69, 9.17) is 0 Å². The quantitative estimate of drug-likeness (QED) is 0.746. The maximum atomic E-state index is 4.28. The topological polar surface area (TPSA) is 24.9 Å².